The lowest BCUT2D eigenvalue weighted by Gasteiger charge is -2.17. The summed E-state index contributed by atoms with van der Waals surface area (Å²) in [5.41, 5.74) is 9.38. The average molecular weight is 301 g/mol. The Labute approximate surface area is 130 Å². The van der Waals surface area contributed by atoms with Gasteiger partial charge in [-0.1, -0.05) is 35.7 Å². The van der Waals surface area contributed by atoms with E-state index in [-0.39, 0.29) is 6.61 Å². The lowest BCUT2D eigenvalue weighted by Crippen LogP contribution is -2.34. The first-order valence-corrected chi connectivity index (χ1v) is 7.80. The molecule has 1 heterocycles. The lowest BCUT2D eigenvalue weighted by atomic mass is 9.99. The summed E-state index contributed by atoms with van der Waals surface area (Å²) < 4.78 is 11.2. The lowest BCUT2D eigenvalue weighted by molar-refractivity contribution is 0.239. The molecule has 1 aliphatic rings. The third-order valence-corrected chi connectivity index (χ3v) is 4.35. The van der Waals surface area contributed by atoms with Crippen molar-refractivity contribution in [2.45, 2.75) is 58.6 Å². The van der Waals surface area contributed by atoms with Crippen LogP contribution in [0.1, 0.15) is 54.1 Å². The summed E-state index contributed by atoms with van der Waals surface area (Å²) in [5, 5.41) is 4.05. The molecule has 1 aromatic heterocycles. The first-order valence-electron chi connectivity index (χ1n) is 7.80. The van der Waals surface area contributed by atoms with E-state index in [0.717, 1.165) is 42.6 Å². The molecule has 0 radical (unpaired) electrons. The minimum atomic E-state index is -0.419. The number of ether oxygens (including phenoxy) is 1. The number of nitrogens with zero attached hydrogens (tertiary/aromatic N) is 2. The van der Waals surface area contributed by atoms with Gasteiger partial charge < -0.3 is 15.0 Å². The van der Waals surface area contributed by atoms with E-state index in [0.29, 0.717) is 11.7 Å². The van der Waals surface area contributed by atoms with Crippen molar-refractivity contribution in [1.29, 1.82) is 0 Å². The van der Waals surface area contributed by atoms with Gasteiger partial charge in [0.25, 0.3) is 5.89 Å². The number of hydrogen-bond acceptors (Lipinski definition) is 5. The second kappa shape index (κ2) is 5.72. The Hall–Kier alpha value is -1.88. The van der Waals surface area contributed by atoms with Gasteiger partial charge in [0.05, 0.1) is 5.54 Å². The molecule has 2 aromatic rings. The fourth-order valence-corrected chi connectivity index (χ4v) is 3.27. The molecule has 0 unspecified atom stereocenters. The smallest absolute Gasteiger partial charge is 0.264 e. The molecule has 0 atom stereocenters. The van der Waals surface area contributed by atoms with E-state index in [4.69, 9.17) is 15.0 Å². The molecule has 5 heteroatoms. The number of hydrogen-bond donors (Lipinski definition) is 1. The molecule has 1 aliphatic carbocycles. The third-order valence-electron chi connectivity index (χ3n) is 4.35. The van der Waals surface area contributed by atoms with Gasteiger partial charge in [0.1, 0.15) is 5.75 Å². The van der Waals surface area contributed by atoms with Gasteiger partial charge in [-0.2, -0.15) is 4.98 Å². The molecule has 3 rings (SSSR count). The zero-order chi connectivity index (χ0) is 15.7. The third kappa shape index (κ3) is 2.86. The molecule has 0 amide bonds. The van der Waals surface area contributed by atoms with E-state index in [2.05, 4.69) is 29.2 Å². The Bertz CT molecular complexity index is 649. The molecule has 5 nitrogen and oxygen atoms in total. The summed E-state index contributed by atoms with van der Waals surface area (Å²) in [7, 11) is 0. The van der Waals surface area contributed by atoms with Gasteiger partial charge in [-0.25, -0.2) is 0 Å². The van der Waals surface area contributed by atoms with Crippen LogP contribution in [0.15, 0.2) is 16.7 Å². The second-order valence-electron chi connectivity index (χ2n) is 6.39. The van der Waals surface area contributed by atoms with Gasteiger partial charge in [0.2, 0.25) is 0 Å². The zero-order valence-electron chi connectivity index (χ0n) is 13.5. The van der Waals surface area contributed by atoms with E-state index < -0.39 is 5.54 Å². The van der Waals surface area contributed by atoms with Crippen LogP contribution < -0.4 is 10.5 Å². The van der Waals surface area contributed by atoms with Gasteiger partial charge in [0, 0.05) is 0 Å². The summed E-state index contributed by atoms with van der Waals surface area (Å²) in [4.78, 5) is 4.43. The fourth-order valence-electron chi connectivity index (χ4n) is 3.27. The highest BCUT2D eigenvalue weighted by molar-refractivity contribution is 5.42. The molecule has 0 bridgehead atoms. The van der Waals surface area contributed by atoms with Gasteiger partial charge in [-0.15, -0.1) is 0 Å². The van der Waals surface area contributed by atoms with Crippen LogP contribution >= 0.6 is 0 Å². The van der Waals surface area contributed by atoms with E-state index in [1.807, 2.05) is 13.8 Å². The van der Waals surface area contributed by atoms with Crippen LogP contribution in [0.2, 0.25) is 0 Å². The highest BCUT2D eigenvalue weighted by atomic mass is 16.5. The van der Waals surface area contributed by atoms with Crippen molar-refractivity contribution in [2.75, 3.05) is 0 Å². The maximum absolute atomic E-state index is 6.34. The van der Waals surface area contributed by atoms with E-state index >= 15 is 0 Å². The summed E-state index contributed by atoms with van der Waals surface area (Å²) in [6.07, 6.45) is 4.09. The Balaban J connectivity index is 1.71. The minimum absolute atomic E-state index is 0.272. The standard InChI is InChI=1S/C17H23N3O2/c1-11-8-12(2)15(13(3)9-11)21-10-14-19-16(20-22-14)17(18)6-4-5-7-17/h8-9H,4-7,10,18H2,1-3H3. The predicted molar refractivity (Wildman–Crippen MR) is 83.6 cm³/mol. The molecular weight excluding hydrogens is 278 g/mol. The Morgan fingerprint density at radius 2 is 1.82 bits per heavy atom. The topological polar surface area (TPSA) is 74.2 Å². The number of aromatic nitrogens is 2. The quantitative estimate of drug-likeness (QED) is 0.937. The largest absolute Gasteiger partial charge is 0.483 e. The molecule has 0 saturated heterocycles. The van der Waals surface area contributed by atoms with E-state index in [1.54, 1.807) is 0 Å². The van der Waals surface area contributed by atoms with Gasteiger partial charge >= 0.3 is 0 Å². The Morgan fingerprint density at radius 1 is 1.18 bits per heavy atom. The Kier molecular flexibility index (Phi) is 3.91. The molecular formula is C17H23N3O2. The summed E-state index contributed by atoms with van der Waals surface area (Å²) in [6, 6.07) is 4.21. The first kappa shape index (κ1) is 15.0. The highest BCUT2D eigenvalue weighted by Crippen LogP contribution is 2.34. The normalized spacial score (nSPS) is 16.9. The van der Waals surface area contributed by atoms with Gasteiger partial charge in [-0.05, 0) is 44.7 Å². The van der Waals surface area contributed by atoms with Crippen molar-refractivity contribution in [3.8, 4) is 5.75 Å². The predicted octanol–water partition coefficient (Wildman–Crippen LogP) is 3.30. The average Bonchev–Trinajstić information content (AvgIpc) is 3.07. The van der Waals surface area contributed by atoms with Crippen LogP contribution in [0.25, 0.3) is 0 Å². The van der Waals surface area contributed by atoms with Crippen molar-refractivity contribution in [2.24, 2.45) is 5.73 Å². The number of aryl methyl sites for hydroxylation is 3. The SMILES string of the molecule is Cc1cc(C)c(OCc2nc(C3(N)CCCC3)no2)c(C)c1. The van der Waals surface area contributed by atoms with Crippen LogP contribution in [0.4, 0.5) is 0 Å². The monoisotopic (exact) mass is 301 g/mol. The van der Waals surface area contributed by atoms with Crippen LogP contribution in [0.5, 0.6) is 5.75 Å². The highest BCUT2D eigenvalue weighted by Gasteiger charge is 2.35. The van der Waals surface area contributed by atoms with E-state index in [1.165, 1.54) is 5.56 Å². The van der Waals surface area contributed by atoms with Crippen molar-refractivity contribution in [3.05, 3.63) is 40.5 Å². The first-order chi connectivity index (χ1) is 10.5. The molecule has 0 aliphatic heterocycles. The maximum atomic E-state index is 6.34. The number of benzene rings is 1. The van der Waals surface area contributed by atoms with Crippen LogP contribution in [0.3, 0.4) is 0 Å². The zero-order valence-corrected chi connectivity index (χ0v) is 13.5. The molecule has 118 valence electrons. The van der Waals surface area contributed by atoms with Gasteiger partial charge in [0.15, 0.2) is 12.4 Å². The summed E-state index contributed by atoms with van der Waals surface area (Å²) >= 11 is 0. The fraction of sp³-hybridized carbons (Fsp3) is 0.529. The summed E-state index contributed by atoms with van der Waals surface area (Å²) in [5.74, 6) is 1.97. The Morgan fingerprint density at radius 3 is 2.45 bits per heavy atom. The van der Waals surface area contributed by atoms with Crippen molar-refractivity contribution < 1.29 is 9.26 Å². The molecule has 1 fully saturated rings. The maximum Gasteiger partial charge on any atom is 0.264 e. The van der Waals surface area contributed by atoms with Gasteiger partial charge in [-0.3, -0.25) is 0 Å². The van der Waals surface area contributed by atoms with Crippen molar-refractivity contribution in [1.82, 2.24) is 10.1 Å². The van der Waals surface area contributed by atoms with E-state index in [9.17, 15) is 0 Å². The minimum Gasteiger partial charge on any atom is -0.483 e. The molecule has 22 heavy (non-hydrogen) atoms. The summed E-state index contributed by atoms with van der Waals surface area (Å²) in [6.45, 7) is 6.44. The van der Waals surface area contributed by atoms with Crippen molar-refractivity contribution >= 4 is 0 Å². The number of nitrogens with two attached hydrogens (primary N) is 1. The molecule has 1 aromatic carbocycles. The molecule has 2 N–H and O–H groups in total. The molecule has 1 saturated carbocycles. The van der Waals surface area contributed by atoms with Crippen molar-refractivity contribution in [3.63, 3.8) is 0 Å². The van der Waals surface area contributed by atoms with Crippen LogP contribution in [-0.4, -0.2) is 10.1 Å². The molecule has 0 spiro atoms. The van der Waals surface area contributed by atoms with Crippen LogP contribution in [0, 0.1) is 20.8 Å². The second-order valence-corrected chi connectivity index (χ2v) is 6.39. The van der Waals surface area contributed by atoms with Crippen LogP contribution in [-0.2, 0) is 12.1 Å². The number of rotatable bonds is 4.